The molecule has 0 saturated heterocycles. The summed E-state index contributed by atoms with van der Waals surface area (Å²) in [5, 5.41) is 0. The van der Waals surface area contributed by atoms with Gasteiger partial charge in [0.05, 0.1) is 12.2 Å². The first kappa shape index (κ1) is 11.9. The van der Waals surface area contributed by atoms with Crippen LogP contribution < -0.4 is 0 Å². The Bertz CT molecular complexity index is 455. The van der Waals surface area contributed by atoms with Gasteiger partial charge in [0.15, 0.2) is 5.78 Å². The summed E-state index contributed by atoms with van der Waals surface area (Å²) in [6.45, 7) is 2.61. The van der Waals surface area contributed by atoms with Gasteiger partial charge in [-0.25, -0.2) is 4.98 Å². The van der Waals surface area contributed by atoms with Crippen molar-refractivity contribution in [2.45, 2.75) is 64.8 Å². The maximum Gasteiger partial charge on any atom is 0.155 e. The van der Waals surface area contributed by atoms with Crippen LogP contribution in [-0.4, -0.2) is 15.3 Å². The number of hydrogen-bond acceptors (Lipinski definition) is 2. The molecular weight excluding hydrogens is 224 g/mol. The van der Waals surface area contributed by atoms with Crippen LogP contribution in [0.2, 0.25) is 0 Å². The average Bonchev–Trinajstić information content (AvgIpc) is 2.98. The van der Waals surface area contributed by atoms with Gasteiger partial charge in [0.2, 0.25) is 0 Å². The fourth-order valence-corrected chi connectivity index (χ4v) is 3.48. The standard InChI is InChI=1S/C15H22N2O/c1-11-16-13-8-4-5-9-14(13)17(11)10-15(18)12-6-2-3-7-12/h12H,2-10H2,1H3. The Balaban J connectivity index is 1.79. The molecule has 3 heteroatoms. The number of carbonyl (C=O) groups is 1. The highest BCUT2D eigenvalue weighted by Gasteiger charge is 2.25. The molecule has 3 rings (SSSR count). The van der Waals surface area contributed by atoms with Crippen molar-refractivity contribution in [1.82, 2.24) is 9.55 Å². The highest BCUT2D eigenvalue weighted by molar-refractivity contribution is 5.81. The third kappa shape index (κ3) is 2.11. The molecule has 1 saturated carbocycles. The fourth-order valence-electron chi connectivity index (χ4n) is 3.48. The number of carbonyl (C=O) groups excluding carboxylic acids is 1. The Morgan fingerprint density at radius 3 is 2.72 bits per heavy atom. The molecule has 2 aliphatic rings. The summed E-state index contributed by atoms with van der Waals surface area (Å²) >= 11 is 0. The van der Waals surface area contributed by atoms with Gasteiger partial charge in [0.25, 0.3) is 0 Å². The van der Waals surface area contributed by atoms with Crippen LogP contribution in [0.25, 0.3) is 0 Å². The molecule has 0 amide bonds. The molecule has 3 nitrogen and oxygen atoms in total. The predicted octanol–water partition coefficient (Wildman–Crippen LogP) is 2.83. The number of rotatable bonds is 3. The summed E-state index contributed by atoms with van der Waals surface area (Å²) in [6, 6.07) is 0. The summed E-state index contributed by atoms with van der Waals surface area (Å²) in [6.07, 6.45) is 9.38. The zero-order chi connectivity index (χ0) is 12.5. The molecule has 0 aromatic carbocycles. The molecule has 1 aromatic rings. The number of imidazole rings is 1. The van der Waals surface area contributed by atoms with Gasteiger partial charge in [-0.3, -0.25) is 4.79 Å². The first-order chi connectivity index (χ1) is 8.75. The topological polar surface area (TPSA) is 34.9 Å². The minimum atomic E-state index is 0.325. The summed E-state index contributed by atoms with van der Waals surface area (Å²) < 4.78 is 2.19. The van der Waals surface area contributed by atoms with Gasteiger partial charge in [-0.05, 0) is 45.4 Å². The SMILES string of the molecule is Cc1nc2c(n1CC(=O)C1CCCC1)CCCC2. The zero-order valence-corrected chi connectivity index (χ0v) is 11.2. The van der Waals surface area contributed by atoms with Crippen LogP contribution in [0.4, 0.5) is 0 Å². The van der Waals surface area contributed by atoms with Crippen molar-refractivity contribution < 1.29 is 4.79 Å². The normalized spacial score (nSPS) is 20.1. The third-order valence-electron chi connectivity index (χ3n) is 4.55. The maximum absolute atomic E-state index is 12.3. The predicted molar refractivity (Wildman–Crippen MR) is 70.6 cm³/mol. The Morgan fingerprint density at radius 2 is 1.94 bits per heavy atom. The van der Waals surface area contributed by atoms with Crippen LogP contribution in [0.1, 0.15) is 55.7 Å². The second-order valence-electron chi connectivity index (χ2n) is 5.79. The molecule has 0 atom stereocenters. The highest BCUT2D eigenvalue weighted by Crippen LogP contribution is 2.27. The molecule has 1 fully saturated rings. The minimum absolute atomic E-state index is 0.325. The van der Waals surface area contributed by atoms with Gasteiger partial charge >= 0.3 is 0 Å². The van der Waals surface area contributed by atoms with E-state index in [1.165, 1.54) is 37.1 Å². The second-order valence-corrected chi connectivity index (χ2v) is 5.79. The number of fused-ring (bicyclic) bond motifs is 1. The first-order valence-electron chi connectivity index (χ1n) is 7.33. The van der Waals surface area contributed by atoms with E-state index < -0.39 is 0 Å². The molecule has 0 unspecified atom stereocenters. The van der Waals surface area contributed by atoms with Crippen molar-refractivity contribution in [2.24, 2.45) is 5.92 Å². The van der Waals surface area contributed by atoms with E-state index in [2.05, 4.69) is 9.55 Å². The van der Waals surface area contributed by atoms with E-state index in [0.717, 1.165) is 31.5 Å². The van der Waals surface area contributed by atoms with Gasteiger partial charge in [0, 0.05) is 11.6 Å². The summed E-state index contributed by atoms with van der Waals surface area (Å²) in [7, 11) is 0. The van der Waals surface area contributed by atoms with E-state index in [0.29, 0.717) is 18.2 Å². The lowest BCUT2D eigenvalue weighted by Crippen LogP contribution is -2.20. The highest BCUT2D eigenvalue weighted by atomic mass is 16.1. The number of aromatic nitrogens is 2. The fraction of sp³-hybridized carbons (Fsp3) is 0.733. The number of aryl methyl sites for hydroxylation is 2. The number of hydrogen-bond donors (Lipinski definition) is 0. The zero-order valence-electron chi connectivity index (χ0n) is 11.2. The Labute approximate surface area is 109 Å². The van der Waals surface area contributed by atoms with E-state index in [-0.39, 0.29) is 0 Å². The van der Waals surface area contributed by atoms with Crippen LogP contribution in [0, 0.1) is 12.8 Å². The van der Waals surface area contributed by atoms with E-state index in [1.807, 2.05) is 6.92 Å². The second kappa shape index (κ2) is 4.87. The minimum Gasteiger partial charge on any atom is -0.325 e. The van der Waals surface area contributed by atoms with Crippen molar-refractivity contribution in [2.75, 3.05) is 0 Å². The summed E-state index contributed by atoms with van der Waals surface area (Å²) in [5.41, 5.74) is 2.59. The van der Waals surface area contributed by atoms with Crippen LogP contribution in [-0.2, 0) is 24.2 Å². The molecule has 1 heterocycles. The van der Waals surface area contributed by atoms with Crippen LogP contribution >= 0.6 is 0 Å². The van der Waals surface area contributed by atoms with Crippen molar-refractivity contribution in [3.8, 4) is 0 Å². The van der Waals surface area contributed by atoms with E-state index in [1.54, 1.807) is 0 Å². The molecule has 2 aliphatic carbocycles. The maximum atomic E-state index is 12.3. The van der Waals surface area contributed by atoms with Crippen LogP contribution in [0.3, 0.4) is 0 Å². The average molecular weight is 246 g/mol. The molecule has 0 radical (unpaired) electrons. The molecule has 0 spiro atoms. The Kier molecular flexibility index (Phi) is 3.23. The molecule has 0 bridgehead atoms. The van der Waals surface area contributed by atoms with Gasteiger partial charge in [0.1, 0.15) is 5.82 Å². The number of nitrogens with zero attached hydrogens (tertiary/aromatic N) is 2. The van der Waals surface area contributed by atoms with Crippen molar-refractivity contribution in [1.29, 1.82) is 0 Å². The Hall–Kier alpha value is -1.12. The van der Waals surface area contributed by atoms with Gasteiger partial charge < -0.3 is 4.57 Å². The molecule has 98 valence electrons. The van der Waals surface area contributed by atoms with Crippen LogP contribution in [0.5, 0.6) is 0 Å². The van der Waals surface area contributed by atoms with E-state index >= 15 is 0 Å². The number of ketones is 1. The largest absolute Gasteiger partial charge is 0.325 e. The van der Waals surface area contributed by atoms with Gasteiger partial charge in [-0.1, -0.05) is 12.8 Å². The molecular formula is C15H22N2O. The van der Waals surface area contributed by atoms with Gasteiger partial charge in [-0.15, -0.1) is 0 Å². The monoisotopic (exact) mass is 246 g/mol. The van der Waals surface area contributed by atoms with Crippen molar-refractivity contribution in [3.05, 3.63) is 17.2 Å². The van der Waals surface area contributed by atoms with Crippen molar-refractivity contribution in [3.63, 3.8) is 0 Å². The summed E-state index contributed by atoms with van der Waals surface area (Å²) in [4.78, 5) is 16.9. The third-order valence-corrected chi connectivity index (χ3v) is 4.55. The molecule has 1 aromatic heterocycles. The van der Waals surface area contributed by atoms with Crippen molar-refractivity contribution >= 4 is 5.78 Å². The lowest BCUT2D eigenvalue weighted by molar-refractivity contribution is -0.123. The van der Waals surface area contributed by atoms with E-state index in [9.17, 15) is 4.79 Å². The smallest absolute Gasteiger partial charge is 0.155 e. The van der Waals surface area contributed by atoms with Crippen LogP contribution in [0.15, 0.2) is 0 Å². The quantitative estimate of drug-likeness (QED) is 0.822. The Morgan fingerprint density at radius 1 is 1.22 bits per heavy atom. The number of Topliss-reactive ketones (excluding diaryl/α,β-unsaturated/α-hetero) is 1. The van der Waals surface area contributed by atoms with Gasteiger partial charge in [-0.2, -0.15) is 0 Å². The molecule has 0 aliphatic heterocycles. The molecule has 18 heavy (non-hydrogen) atoms. The molecule has 0 N–H and O–H groups in total. The lowest BCUT2D eigenvalue weighted by atomic mass is 10.00. The first-order valence-corrected chi connectivity index (χ1v) is 7.33. The summed E-state index contributed by atoms with van der Waals surface area (Å²) in [5.74, 6) is 1.79. The lowest BCUT2D eigenvalue weighted by Gasteiger charge is -2.16. The van der Waals surface area contributed by atoms with E-state index in [4.69, 9.17) is 0 Å².